The third-order valence-electron chi connectivity index (χ3n) is 3.99. The molecule has 0 atom stereocenters. The molecule has 1 aliphatic rings. The van der Waals surface area contributed by atoms with Crippen LogP contribution in [0.4, 0.5) is 5.69 Å². The summed E-state index contributed by atoms with van der Waals surface area (Å²) < 4.78 is 0. The summed E-state index contributed by atoms with van der Waals surface area (Å²) in [5.41, 5.74) is 1.42. The molecule has 0 aliphatic carbocycles. The monoisotopic (exact) mass is 288 g/mol. The zero-order valence-electron chi connectivity index (χ0n) is 13.1. The Morgan fingerprint density at radius 2 is 1.71 bits per heavy atom. The van der Waals surface area contributed by atoms with Gasteiger partial charge in [0, 0.05) is 30.3 Å². The number of benzene rings is 1. The van der Waals surface area contributed by atoms with E-state index in [1.807, 2.05) is 18.7 Å². The summed E-state index contributed by atoms with van der Waals surface area (Å²) in [6.07, 6.45) is 2.16. The number of nitrogens with one attached hydrogen (secondary N) is 1. The first-order valence-electron chi connectivity index (χ1n) is 7.67. The Hall–Kier alpha value is -1.84. The van der Waals surface area contributed by atoms with E-state index in [0.717, 1.165) is 31.6 Å². The van der Waals surface area contributed by atoms with Crippen molar-refractivity contribution in [2.75, 3.05) is 18.4 Å². The number of likely N-dealkylation sites (tertiary alicyclic amines) is 1. The van der Waals surface area contributed by atoms with Gasteiger partial charge in [-0.05, 0) is 43.0 Å². The van der Waals surface area contributed by atoms with Gasteiger partial charge in [-0.25, -0.2) is 0 Å². The number of carbonyl (C=O) groups is 2. The van der Waals surface area contributed by atoms with Crippen LogP contribution in [0, 0.1) is 11.8 Å². The Bertz CT molecular complexity index is 500. The van der Waals surface area contributed by atoms with Crippen LogP contribution in [-0.2, 0) is 4.79 Å². The summed E-state index contributed by atoms with van der Waals surface area (Å²) in [7, 11) is 0. The fraction of sp³-hybridized carbons (Fsp3) is 0.529. The second-order valence-corrected chi connectivity index (χ2v) is 6.20. The Morgan fingerprint density at radius 3 is 2.24 bits per heavy atom. The van der Waals surface area contributed by atoms with Crippen LogP contribution in [0.15, 0.2) is 24.3 Å². The van der Waals surface area contributed by atoms with Gasteiger partial charge in [-0.3, -0.25) is 9.59 Å². The molecule has 0 unspecified atom stereocenters. The second kappa shape index (κ2) is 6.74. The topological polar surface area (TPSA) is 49.4 Å². The molecule has 4 heteroatoms. The van der Waals surface area contributed by atoms with Crippen LogP contribution in [0.1, 0.15) is 44.0 Å². The molecule has 1 aromatic rings. The van der Waals surface area contributed by atoms with Crippen molar-refractivity contribution in [3.05, 3.63) is 29.8 Å². The van der Waals surface area contributed by atoms with Gasteiger partial charge < -0.3 is 10.2 Å². The van der Waals surface area contributed by atoms with Gasteiger partial charge >= 0.3 is 0 Å². The summed E-state index contributed by atoms with van der Waals surface area (Å²) in [6.45, 7) is 7.61. The number of piperidine rings is 1. The van der Waals surface area contributed by atoms with E-state index in [-0.39, 0.29) is 17.7 Å². The van der Waals surface area contributed by atoms with E-state index >= 15 is 0 Å². The van der Waals surface area contributed by atoms with E-state index < -0.39 is 0 Å². The molecule has 0 radical (unpaired) electrons. The third-order valence-corrected chi connectivity index (χ3v) is 3.99. The number of amides is 2. The van der Waals surface area contributed by atoms with Crippen molar-refractivity contribution < 1.29 is 9.59 Å². The fourth-order valence-corrected chi connectivity index (χ4v) is 2.38. The van der Waals surface area contributed by atoms with E-state index in [9.17, 15) is 9.59 Å². The molecule has 0 saturated carbocycles. The van der Waals surface area contributed by atoms with Crippen molar-refractivity contribution in [2.24, 2.45) is 11.8 Å². The highest BCUT2D eigenvalue weighted by Gasteiger charge is 2.21. The third kappa shape index (κ3) is 4.06. The molecular weight excluding hydrogens is 264 g/mol. The van der Waals surface area contributed by atoms with Crippen molar-refractivity contribution in [3.8, 4) is 0 Å². The highest BCUT2D eigenvalue weighted by Crippen LogP contribution is 2.19. The first kappa shape index (κ1) is 15.5. The molecule has 1 saturated heterocycles. The Morgan fingerprint density at radius 1 is 1.14 bits per heavy atom. The Labute approximate surface area is 126 Å². The van der Waals surface area contributed by atoms with E-state index in [1.54, 1.807) is 24.3 Å². The minimum Gasteiger partial charge on any atom is -0.339 e. The lowest BCUT2D eigenvalue weighted by atomic mass is 9.98. The largest absolute Gasteiger partial charge is 0.339 e. The van der Waals surface area contributed by atoms with Crippen molar-refractivity contribution >= 4 is 17.5 Å². The number of anilines is 1. The van der Waals surface area contributed by atoms with Crippen LogP contribution >= 0.6 is 0 Å². The summed E-state index contributed by atoms with van der Waals surface area (Å²) in [4.78, 5) is 25.9. The molecule has 1 N–H and O–H groups in total. The van der Waals surface area contributed by atoms with Crippen LogP contribution in [0.2, 0.25) is 0 Å². The first-order valence-corrected chi connectivity index (χ1v) is 7.67. The van der Waals surface area contributed by atoms with Crippen molar-refractivity contribution in [3.63, 3.8) is 0 Å². The summed E-state index contributed by atoms with van der Waals surface area (Å²) >= 11 is 0. The normalized spacial score (nSPS) is 16.1. The van der Waals surface area contributed by atoms with Crippen LogP contribution in [0.25, 0.3) is 0 Å². The SMILES string of the molecule is CC1CCN(C(=O)c2ccc(NC(=O)C(C)C)cc2)CC1. The lowest BCUT2D eigenvalue weighted by molar-refractivity contribution is -0.118. The smallest absolute Gasteiger partial charge is 0.253 e. The summed E-state index contributed by atoms with van der Waals surface area (Å²) in [6, 6.07) is 7.16. The molecule has 1 heterocycles. The zero-order valence-corrected chi connectivity index (χ0v) is 13.1. The molecule has 1 aromatic carbocycles. The van der Waals surface area contributed by atoms with Gasteiger partial charge in [-0.15, -0.1) is 0 Å². The molecule has 2 amide bonds. The quantitative estimate of drug-likeness (QED) is 0.929. The molecule has 0 spiro atoms. The second-order valence-electron chi connectivity index (χ2n) is 6.20. The maximum absolute atomic E-state index is 12.4. The molecule has 1 aliphatic heterocycles. The molecule has 0 aromatic heterocycles. The molecule has 0 bridgehead atoms. The fourth-order valence-electron chi connectivity index (χ4n) is 2.38. The highest BCUT2D eigenvalue weighted by atomic mass is 16.2. The highest BCUT2D eigenvalue weighted by molar-refractivity contribution is 5.96. The lowest BCUT2D eigenvalue weighted by Gasteiger charge is -2.30. The van der Waals surface area contributed by atoms with E-state index in [2.05, 4.69) is 12.2 Å². The van der Waals surface area contributed by atoms with Crippen molar-refractivity contribution in [2.45, 2.75) is 33.6 Å². The van der Waals surface area contributed by atoms with E-state index in [1.165, 1.54) is 0 Å². The number of rotatable bonds is 3. The molecular formula is C17H24N2O2. The average Bonchev–Trinajstić information content (AvgIpc) is 2.48. The van der Waals surface area contributed by atoms with Gasteiger partial charge in [0.1, 0.15) is 0 Å². The standard InChI is InChI=1S/C17H24N2O2/c1-12(2)16(20)18-15-6-4-14(5-7-15)17(21)19-10-8-13(3)9-11-19/h4-7,12-13H,8-11H2,1-3H3,(H,18,20). The summed E-state index contributed by atoms with van der Waals surface area (Å²) in [5, 5.41) is 2.83. The first-order chi connectivity index (χ1) is 9.97. The van der Waals surface area contributed by atoms with Crippen LogP contribution in [0.3, 0.4) is 0 Å². The van der Waals surface area contributed by atoms with Gasteiger partial charge in [-0.1, -0.05) is 20.8 Å². The van der Waals surface area contributed by atoms with Crippen LogP contribution < -0.4 is 5.32 Å². The zero-order chi connectivity index (χ0) is 15.4. The van der Waals surface area contributed by atoms with Gasteiger partial charge in [0.25, 0.3) is 5.91 Å². The van der Waals surface area contributed by atoms with Crippen LogP contribution in [-0.4, -0.2) is 29.8 Å². The molecule has 114 valence electrons. The number of hydrogen-bond donors (Lipinski definition) is 1. The van der Waals surface area contributed by atoms with Gasteiger partial charge in [0.2, 0.25) is 5.91 Å². The number of carbonyl (C=O) groups excluding carboxylic acids is 2. The Kier molecular flexibility index (Phi) is 4.99. The van der Waals surface area contributed by atoms with Crippen molar-refractivity contribution in [1.82, 2.24) is 4.90 Å². The van der Waals surface area contributed by atoms with Gasteiger partial charge in [0.05, 0.1) is 0 Å². The van der Waals surface area contributed by atoms with Gasteiger partial charge in [0.15, 0.2) is 0 Å². The molecule has 4 nitrogen and oxygen atoms in total. The number of nitrogens with zero attached hydrogens (tertiary/aromatic N) is 1. The minimum atomic E-state index is -0.0540. The molecule has 2 rings (SSSR count). The Balaban J connectivity index is 1.98. The lowest BCUT2D eigenvalue weighted by Crippen LogP contribution is -2.37. The van der Waals surface area contributed by atoms with Crippen molar-refractivity contribution in [1.29, 1.82) is 0 Å². The molecule has 1 fully saturated rings. The predicted molar refractivity (Wildman–Crippen MR) is 84.2 cm³/mol. The molecule has 21 heavy (non-hydrogen) atoms. The maximum Gasteiger partial charge on any atom is 0.253 e. The van der Waals surface area contributed by atoms with Crippen LogP contribution in [0.5, 0.6) is 0 Å². The number of hydrogen-bond acceptors (Lipinski definition) is 2. The summed E-state index contributed by atoms with van der Waals surface area (Å²) in [5.74, 6) is 0.729. The maximum atomic E-state index is 12.4. The predicted octanol–water partition coefficient (Wildman–Crippen LogP) is 3.15. The van der Waals surface area contributed by atoms with E-state index in [0.29, 0.717) is 11.5 Å². The average molecular weight is 288 g/mol. The van der Waals surface area contributed by atoms with E-state index in [4.69, 9.17) is 0 Å². The van der Waals surface area contributed by atoms with Gasteiger partial charge in [-0.2, -0.15) is 0 Å². The minimum absolute atomic E-state index is 0.0147.